The van der Waals surface area contributed by atoms with Gasteiger partial charge in [0.25, 0.3) is 0 Å². The van der Waals surface area contributed by atoms with Crippen LogP contribution in [0.4, 0.5) is 0 Å². The molecule has 1 unspecified atom stereocenters. The van der Waals surface area contributed by atoms with Crippen molar-refractivity contribution < 1.29 is 9.47 Å². The average molecular weight is 415 g/mol. The highest BCUT2D eigenvalue weighted by atomic mass is 79.9. The number of hydrogen-bond acceptors (Lipinski definition) is 3. The van der Waals surface area contributed by atoms with Crippen LogP contribution in [0.2, 0.25) is 0 Å². The van der Waals surface area contributed by atoms with Gasteiger partial charge in [0.05, 0.1) is 16.1 Å². The summed E-state index contributed by atoms with van der Waals surface area (Å²) in [5.74, 6) is 2.32. The number of benzene rings is 2. The van der Waals surface area contributed by atoms with Crippen LogP contribution in [0.1, 0.15) is 18.5 Å². The van der Waals surface area contributed by atoms with Crippen LogP contribution in [-0.2, 0) is 0 Å². The molecular weight excluding hydrogens is 398 g/mol. The minimum absolute atomic E-state index is 0.210. The maximum atomic E-state index is 6.07. The maximum absolute atomic E-state index is 6.07. The molecule has 0 amide bonds. The maximum Gasteiger partial charge on any atom is 0.143 e. The van der Waals surface area contributed by atoms with Crippen LogP contribution >= 0.6 is 31.9 Å². The minimum Gasteiger partial charge on any atom is -0.496 e. The molecule has 2 aromatic carbocycles. The molecule has 0 aliphatic rings. The topological polar surface area (TPSA) is 30.5 Å². The number of methoxy groups -OCH3 is 1. The summed E-state index contributed by atoms with van der Waals surface area (Å²) in [7, 11) is 3.57. The van der Waals surface area contributed by atoms with Crippen molar-refractivity contribution >= 4 is 31.9 Å². The van der Waals surface area contributed by atoms with E-state index < -0.39 is 0 Å². The average Bonchev–Trinajstić information content (AvgIpc) is 2.50. The van der Waals surface area contributed by atoms with Gasteiger partial charge in [-0.05, 0) is 64.0 Å². The highest BCUT2D eigenvalue weighted by Crippen LogP contribution is 2.39. The molecule has 0 bridgehead atoms. The third kappa shape index (κ3) is 3.78. The molecule has 0 saturated heterocycles. The predicted molar refractivity (Wildman–Crippen MR) is 92.4 cm³/mol. The van der Waals surface area contributed by atoms with E-state index in [1.807, 2.05) is 37.4 Å². The van der Waals surface area contributed by atoms with E-state index in [0.29, 0.717) is 0 Å². The van der Waals surface area contributed by atoms with Crippen molar-refractivity contribution in [3.8, 4) is 17.2 Å². The van der Waals surface area contributed by atoms with Crippen molar-refractivity contribution in [3.05, 3.63) is 50.9 Å². The van der Waals surface area contributed by atoms with Crippen LogP contribution in [0, 0.1) is 0 Å². The smallest absolute Gasteiger partial charge is 0.143 e. The van der Waals surface area contributed by atoms with Crippen LogP contribution in [0.15, 0.2) is 45.3 Å². The van der Waals surface area contributed by atoms with Gasteiger partial charge < -0.3 is 14.8 Å². The van der Waals surface area contributed by atoms with Gasteiger partial charge in [-0.3, -0.25) is 0 Å². The van der Waals surface area contributed by atoms with Gasteiger partial charge in [-0.2, -0.15) is 0 Å². The largest absolute Gasteiger partial charge is 0.496 e. The Labute approximate surface area is 141 Å². The summed E-state index contributed by atoms with van der Waals surface area (Å²) in [5.41, 5.74) is 1.11. The minimum atomic E-state index is 0.210. The number of para-hydroxylation sites is 1. The molecule has 21 heavy (non-hydrogen) atoms. The van der Waals surface area contributed by atoms with Crippen LogP contribution < -0.4 is 14.8 Å². The quantitative estimate of drug-likeness (QED) is 0.720. The molecule has 112 valence electrons. The summed E-state index contributed by atoms with van der Waals surface area (Å²) < 4.78 is 13.0. The predicted octanol–water partition coefficient (Wildman–Crippen LogP) is 5.29. The molecule has 0 aliphatic heterocycles. The Balaban J connectivity index is 2.37. The SMILES string of the molecule is CNC(C)c1ccccc1Oc1cc(Br)c(OC)cc1Br. The molecular formula is C16H17Br2NO2. The monoisotopic (exact) mass is 413 g/mol. The van der Waals surface area contributed by atoms with E-state index in [4.69, 9.17) is 9.47 Å². The van der Waals surface area contributed by atoms with Crippen molar-refractivity contribution in [2.45, 2.75) is 13.0 Å². The molecule has 1 atom stereocenters. The van der Waals surface area contributed by atoms with Gasteiger partial charge in [0, 0.05) is 11.6 Å². The van der Waals surface area contributed by atoms with Crippen molar-refractivity contribution in [2.75, 3.05) is 14.2 Å². The molecule has 0 spiro atoms. The van der Waals surface area contributed by atoms with Crippen molar-refractivity contribution in [3.63, 3.8) is 0 Å². The molecule has 0 aliphatic carbocycles. The lowest BCUT2D eigenvalue weighted by molar-refractivity contribution is 0.409. The normalized spacial score (nSPS) is 12.0. The second kappa shape index (κ2) is 7.29. The lowest BCUT2D eigenvalue weighted by atomic mass is 10.1. The number of rotatable bonds is 5. The van der Waals surface area contributed by atoms with Crippen molar-refractivity contribution in [1.82, 2.24) is 5.32 Å². The van der Waals surface area contributed by atoms with Crippen molar-refractivity contribution in [1.29, 1.82) is 0 Å². The molecule has 5 heteroatoms. The Morgan fingerprint density at radius 2 is 1.62 bits per heavy atom. The highest BCUT2D eigenvalue weighted by molar-refractivity contribution is 9.11. The number of nitrogens with one attached hydrogen (secondary N) is 1. The summed E-state index contributed by atoms with van der Waals surface area (Å²) in [6.45, 7) is 2.10. The zero-order chi connectivity index (χ0) is 15.4. The fourth-order valence-corrected chi connectivity index (χ4v) is 2.84. The van der Waals surface area contributed by atoms with Crippen LogP contribution in [0.5, 0.6) is 17.2 Å². The van der Waals surface area contributed by atoms with E-state index in [1.165, 1.54) is 0 Å². The second-order valence-electron chi connectivity index (χ2n) is 4.57. The van der Waals surface area contributed by atoms with Gasteiger partial charge in [0.15, 0.2) is 0 Å². The van der Waals surface area contributed by atoms with E-state index in [1.54, 1.807) is 7.11 Å². The van der Waals surface area contributed by atoms with Gasteiger partial charge in [-0.25, -0.2) is 0 Å². The van der Waals surface area contributed by atoms with Crippen molar-refractivity contribution in [2.24, 2.45) is 0 Å². The molecule has 2 aromatic rings. The van der Waals surface area contributed by atoms with Gasteiger partial charge >= 0.3 is 0 Å². The lowest BCUT2D eigenvalue weighted by Gasteiger charge is -2.17. The number of hydrogen-bond donors (Lipinski definition) is 1. The summed E-state index contributed by atoms with van der Waals surface area (Å²) in [5, 5.41) is 3.23. The summed E-state index contributed by atoms with van der Waals surface area (Å²) >= 11 is 6.99. The standard InChI is InChI=1S/C16H17Br2NO2/c1-10(19-2)11-6-4-5-7-14(11)21-16-9-12(17)15(20-3)8-13(16)18/h4-10,19H,1-3H3. The van der Waals surface area contributed by atoms with E-state index in [2.05, 4.69) is 50.2 Å². The van der Waals surface area contributed by atoms with Crippen LogP contribution in [0.3, 0.4) is 0 Å². The fourth-order valence-electron chi connectivity index (χ4n) is 1.95. The zero-order valence-corrected chi connectivity index (χ0v) is 15.3. The highest BCUT2D eigenvalue weighted by Gasteiger charge is 2.13. The third-order valence-electron chi connectivity index (χ3n) is 3.24. The van der Waals surface area contributed by atoms with Crippen LogP contribution in [-0.4, -0.2) is 14.2 Å². The Bertz CT molecular complexity index is 632. The molecule has 0 fully saturated rings. The first-order valence-corrected chi connectivity index (χ1v) is 8.12. The fraction of sp³-hybridized carbons (Fsp3) is 0.250. The van der Waals surface area contributed by atoms with Crippen LogP contribution in [0.25, 0.3) is 0 Å². The molecule has 0 radical (unpaired) electrons. The third-order valence-corrected chi connectivity index (χ3v) is 4.48. The molecule has 0 aromatic heterocycles. The second-order valence-corrected chi connectivity index (χ2v) is 6.28. The summed E-state index contributed by atoms with van der Waals surface area (Å²) in [6.07, 6.45) is 0. The van der Waals surface area contributed by atoms with Gasteiger partial charge in [-0.1, -0.05) is 18.2 Å². The molecule has 1 N–H and O–H groups in total. The molecule has 0 heterocycles. The van der Waals surface area contributed by atoms with Gasteiger partial charge in [0.2, 0.25) is 0 Å². The first kappa shape index (κ1) is 16.3. The zero-order valence-electron chi connectivity index (χ0n) is 12.1. The van der Waals surface area contributed by atoms with Gasteiger partial charge in [-0.15, -0.1) is 0 Å². The Morgan fingerprint density at radius 1 is 1.00 bits per heavy atom. The number of ether oxygens (including phenoxy) is 2. The molecule has 2 rings (SSSR count). The Hall–Kier alpha value is -1.04. The Kier molecular flexibility index (Phi) is 5.67. The molecule has 3 nitrogen and oxygen atoms in total. The number of halogens is 2. The van der Waals surface area contributed by atoms with Gasteiger partial charge in [0.1, 0.15) is 17.2 Å². The summed E-state index contributed by atoms with van der Waals surface area (Å²) in [4.78, 5) is 0. The summed E-state index contributed by atoms with van der Waals surface area (Å²) in [6, 6.07) is 12.0. The Morgan fingerprint density at radius 3 is 2.29 bits per heavy atom. The van der Waals surface area contributed by atoms with E-state index >= 15 is 0 Å². The first-order valence-electron chi connectivity index (χ1n) is 6.54. The lowest BCUT2D eigenvalue weighted by Crippen LogP contribution is -2.13. The van der Waals surface area contributed by atoms with E-state index in [-0.39, 0.29) is 6.04 Å². The molecule has 0 saturated carbocycles. The van der Waals surface area contributed by atoms with E-state index in [0.717, 1.165) is 31.8 Å². The van der Waals surface area contributed by atoms with E-state index in [9.17, 15) is 0 Å². The first-order chi connectivity index (χ1) is 10.1.